The second kappa shape index (κ2) is 8.46. The number of hydrogen-bond donors (Lipinski definition) is 1. The molecule has 6 heteroatoms. The minimum Gasteiger partial charge on any atom is -0.491 e. The maximum absolute atomic E-state index is 12.3. The SMILES string of the molecule is O=C([C@H]1CCCO1)N1CCN(C[C@@H](O)COc2ccccc2)CC1. The zero-order valence-electron chi connectivity index (χ0n) is 14.0. The summed E-state index contributed by atoms with van der Waals surface area (Å²) in [5, 5.41) is 10.1. The van der Waals surface area contributed by atoms with Crippen LogP contribution < -0.4 is 4.74 Å². The van der Waals surface area contributed by atoms with Gasteiger partial charge in [-0.15, -0.1) is 0 Å². The number of β-amino-alcohol motifs (C(OH)–C–C–N with tert-alkyl or cyclic N) is 1. The van der Waals surface area contributed by atoms with E-state index in [0.29, 0.717) is 26.2 Å². The van der Waals surface area contributed by atoms with Crippen molar-refractivity contribution < 1.29 is 19.4 Å². The maximum Gasteiger partial charge on any atom is 0.251 e. The van der Waals surface area contributed by atoms with Crippen molar-refractivity contribution >= 4 is 5.91 Å². The fourth-order valence-corrected chi connectivity index (χ4v) is 3.19. The van der Waals surface area contributed by atoms with Crippen molar-refractivity contribution in [1.82, 2.24) is 9.80 Å². The molecule has 1 aromatic rings. The summed E-state index contributed by atoms with van der Waals surface area (Å²) in [6, 6.07) is 9.50. The summed E-state index contributed by atoms with van der Waals surface area (Å²) >= 11 is 0. The third-order valence-corrected chi connectivity index (χ3v) is 4.54. The van der Waals surface area contributed by atoms with Crippen molar-refractivity contribution in [2.75, 3.05) is 45.9 Å². The number of carbonyl (C=O) groups is 1. The quantitative estimate of drug-likeness (QED) is 0.832. The van der Waals surface area contributed by atoms with Crippen LogP contribution in [0.5, 0.6) is 5.75 Å². The fourth-order valence-electron chi connectivity index (χ4n) is 3.19. The van der Waals surface area contributed by atoms with Gasteiger partial charge in [-0.05, 0) is 25.0 Å². The molecule has 2 saturated heterocycles. The van der Waals surface area contributed by atoms with Crippen LogP contribution in [0, 0.1) is 0 Å². The molecule has 0 bridgehead atoms. The Morgan fingerprint density at radius 2 is 2.00 bits per heavy atom. The number of para-hydroxylation sites is 1. The Bertz CT molecular complexity index is 511. The van der Waals surface area contributed by atoms with Crippen LogP contribution in [-0.4, -0.2) is 79.0 Å². The lowest BCUT2D eigenvalue weighted by atomic mass is 10.2. The van der Waals surface area contributed by atoms with Crippen molar-refractivity contribution in [3.63, 3.8) is 0 Å². The van der Waals surface area contributed by atoms with Gasteiger partial charge in [-0.2, -0.15) is 0 Å². The smallest absolute Gasteiger partial charge is 0.251 e. The summed E-state index contributed by atoms with van der Waals surface area (Å²) in [4.78, 5) is 16.4. The van der Waals surface area contributed by atoms with E-state index in [2.05, 4.69) is 4.90 Å². The van der Waals surface area contributed by atoms with Gasteiger partial charge in [0, 0.05) is 39.3 Å². The number of carbonyl (C=O) groups excluding carboxylic acids is 1. The minimum atomic E-state index is -0.536. The van der Waals surface area contributed by atoms with Crippen LogP contribution in [0.2, 0.25) is 0 Å². The molecule has 2 heterocycles. The number of piperazine rings is 1. The molecule has 1 N–H and O–H groups in total. The minimum absolute atomic E-state index is 0.125. The highest BCUT2D eigenvalue weighted by Crippen LogP contribution is 2.16. The van der Waals surface area contributed by atoms with E-state index in [1.807, 2.05) is 35.2 Å². The summed E-state index contributed by atoms with van der Waals surface area (Å²) < 4.78 is 11.1. The molecule has 2 aliphatic rings. The van der Waals surface area contributed by atoms with Crippen molar-refractivity contribution in [3.8, 4) is 5.75 Å². The lowest BCUT2D eigenvalue weighted by Crippen LogP contribution is -2.53. The van der Waals surface area contributed by atoms with Crippen LogP contribution in [0.15, 0.2) is 30.3 Å². The average molecular weight is 334 g/mol. The van der Waals surface area contributed by atoms with Gasteiger partial charge in [0.1, 0.15) is 24.6 Å². The fraction of sp³-hybridized carbons (Fsp3) is 0.611. The van der Waals surface area contributed by atoms with Crippen LogP contribution in [0.25, 0.3) is 0 Å². The van der Waals surface area contributed by atoms with Crippen molar-refractivity contribution in [2.45, 2.75) is 25.0 Å². The highest BCUT2D eigenvalue weighted by molar-refractivity contribution is 5.81. The lowest BCUT2D eigenvalue weighted by Gasteiger charge is -2.36. The first kappa shape index (κ1) is 17.2. The zero-order chi connectivity index (χ0) is 16.8. The summed E-state index contributed by atoms with van der Waals surface area (Å²) in [7, 11) is 0. The Kier molecular flexibility index (Phi) is 6.07. The predicted octanol–water partition coefficient (Wildman–Crippen LogP) is 0.750. The van der Waals surface area contributed by atoms with Gasteiger partial charge >= 0.3 is 0 Å². The van der Waals surface area contributed by atoms with E-state index in [1.165, 1.54) is 0 Å². The largest absolute Gasteiger partial charge is 0.491 e. The number of rotatable bonds is 6. The molecule has 0 aliphatic carbocycles. The van der Waals surface area contributed by atoms with Crippen molar-refractivity contribution in [2.24, 2.45) is 0 Å². The molecule has 1 aromatic carbocycles. The highest BCUT2D eigenvalue weighted by Gasteiger charge is 2.30. The molecule has 3 rings (SSSR count). The first-order valence-electron chi connectivity index (χ1n) is 8.71. The molecule has 0 aromatic heterocycles. The lowest BCUT2D eigenvalue weighted by molar-refractivity contribution is -0.142. The number of aliphatic hydroxyl groups excluding tert-OH is 1. The number of ether oxygens (including phenoxy) is 2. The number of benzene rings is 1. The molecule has 0 unspecified atom stereocenters. The predicted molar refractivity (Wildman–Crippen MR) is 89.9 cm³/mol. The monoisotopic (exact) mass is 334 g/mol. The Morgan fingerprint density at radius 3 is 2.67 bits per heavy atom. The average Bonchev–Trinajstić information content (AvgIpc) is 3.16. The number of amides is 1. The molecule has 24 heavy (non-hydrogen) atoms. The zero-order valence-corrected chi connectivity index (χ0v) is 14.0. The molecule has 2 atom stereocenters. The Balaban J connectivity index is 1.36. The van der Waals surface area contributed by atoms with Gasteiger partial charge in [0.15, 0.2) is 0 Å². The van der Waals surface area contributed by atoms with Crippen LogP contribution in [0.4, 0.5) is 0 Å². The van der Waals surface area contributed by atoms with E-state index in [1.54, 1.807) is 0 Å². The molecule has 0 radical (unpaired) electrons. The highest BCUT2D eigenvalue weighted by atomic mass is 16.5. The Hall–Kier alpha value is -1.63. The summed E-state index contributed by atoms with van der Waals surface area (Å²) in [6.45, 7) is 4.50. The van der Waals surface area contributed by atoms with E-state index in [0.717, 1.165) is 31.7 Å². The second-order valence-electron chi connectivity index (χ2n) is 6.41. The van der Waals surface area contributed by atoms with Gasteiger partial charge < -0.3 is 19.5 Å². The third kappa shape index (κ3) is 4.69. The van der Waals surface area contributed by atoms with Gasteiger partial charge in [0.25, 0.3) is 5.91 Å². The second-order valence-corrected chi connectivity index (χ2v) is 6.41. The number of aliphatic hydroxyl groups is 1. The van der Waals surface area contributed by atoms with Gasteiger partial charge in [0.05, 0.1) is 0 Å². The van der Waals surface area contributed by atoms with E-state index in [9.17, 15) is 9.90 Å². The molecule has 2 aliphatic heterocycles. The molecule has 0 spiro atoms. The standard InChI is InChI=1S/C18H26N2O4/c21-15(14-24-16-5-2-1-3-6-16)13-19-8-10-20(11-9-19)18(22)17-7-4-12-23-17/h1-3,5-6,15,17,21H,4,7-14H2/t15-,17-/m1/s1. The van der Waals surface area contributed by atoms with Crippen LogP contribution in [-0.2, 0) is 9.53 Å². The number of nitrogens with zero attached hydrogens (tertiary/aromatic N) is 2. The molecule has 6 nitrogen and oxygen atoms in total. The number of hydrogen-bond acceptors (Lipinski definition) is 5. The van der Waals surface area contributed by atoms with Gasteiger partial charge in [-0.1, -0.05) is 18.2 Å². The molecule has 1 amide bonds. The van der Waals surface area contributed by atoms with Crippen LogP contribution in [0.3, 0.4) is 0 Å². The topological polar surface area (TPSA) is 62.2 Å². The van der Waals surface area contributed by atoms with Crippen LogP contribution >= 0.6 is 0 Å². The van der Waals surface area contributed by atoms with Gasteiger partial charge in [-0.25, -0.2) is 0 Å². The Labute approximate surface area is 143 Å². The Morgan fingerprint density at radius 1 is 1.25 bits per heavy atom. The third-order valence-electron chi connectivity index (χ3n) is 4.54. The molecular weight excluding hydrogens is 308 g/mol. The van der Waals surface area contributed by atoms with Gasteiger partial charge in [0.2, 0.25) is 0 Å². The normalized spacial score (nSPS) is 23.2. The summed E-state index contributed by atoms with van der Waals surface area (Å²) in [5.74, 6) is 0.892. The summed E-state index contributed by atoms with van der Waals surface area (Å²) in [6.07, 6.45) is 1.05. The molecule has 0 saturated carbocycles. The van der Waals surface area contributed by atoms with Crippen molar-refractivity contribution in [1.29, 1.82) is 0 Å². The first-order chi connectivity index (χ1) is 11.7. The van der Waals surface area contributed by atoms with Crippen LogP contribution in [0.1, 0.15) is 12.8 Å². The van der Waals surface area contributed by atoms with Gasteiger partial charge in [-0.3, -0.25) is 9.69 Å². The van der Waals surface area contributed by atoms with Crippen molar-refractivity contribution in [3.05, 3.63) is 30.3 Å². The maximum atomic E-state index is 12.3. The first-order valence-corrected chi connectivity index (χ1v) is 8.71. The molecular formula is C18H26N2O4. The van der Waals surface area contributed by atoms with E-state index < -0.39 is 6.10 Å². The molecule has 132 valence electrons. The van der Waals surface area contributed by atoms with E-state index in [4.69, 9.17) is 9.47 Å². The van der Waals surface area contributed by atoms with E-state index >= 15 is 0 Å². The molecule has 2 fully saturated rings. The summed E-state index contributed by atoms with van der Waals surface area (Å²) in [5.41, 5.74) is 0. The van der Waals surface area contributed by atoms with E-state index in [-0.39, 0.29) is 18.6 Å².